The van der Waals surface area contributed by atoms with Gasteiger partial charge < -0.3 is 15.5 Å². The maximum atomic E-state index is 12.6. The van der Waals surface area contributed by atoms with Crippen LogP contribution in [0.4, 0.5) is 4.79 Å². The van der Waals surface area contributed by atoms with Crippen LogP contribution in [0.1, 0.15) is 89.9 Å². The highest BCUT2D eigenvalue weighted by molar-refractivity contribution is 5.77. The van der Waals surface area contributed by atoms with Gasteiger partial charge in [0.1, 0.15) is 0 Å². The number of nitrogens with one attached hydrogen (secondary N) is 2. The lowest BCUT2D eigenvalue weighted by atomic mass is 9.53. The van der Waals surface area contributed by atoms with Crippen LogP contribution in [0.25, 0.3) is 0 Å². The summed E-state index contributed by atoms with van der Waals surface area (Å²) in [4.78, 5) is 27.2. The zero-order chi connectivity index (χ0) is 20.6. The van der Waals surface area contributed by atoms with E-state index in [-0.39, 0.29) is 11.6 Å². The van der Waals surface area contributed by atoms with Crippen molar-refractivity contribution in [3.05, 3.63) is 11.1 Å². The molecule has 30 heavy (non-hydrogen) atoms. The standard InChI is InChI=1S/C25H39N3O2/c29-23(28-10-8-21-5-1-2-6-22(21)17-28)7-3-4-9-26-24(30)27-25-14-18-11-19(15-25)13-20(12-18)16-25/h18-20H,1-17H2,(H2,26,27,30). The van der Waals surface area contributed by atoms with Crippen LogP contribution in [-0.4, -0.2) is 42.0 Å². The lowest BCUT2D eigenvalue weighted by Gasteiger charge is -2.56. The summed E-state index contributed by atoms with van der Waals surface area (Å²) in [5.74, 6) is 2.83. The minimum atomic E-state index is 0.0103. The molecule has 4 fully saturated rings. The van der Waals surface area contributed by atoms with E-state index in [1.54, 1.807) is 11.1 Å². The first-order chi connectivity index (χ1) is 14.6. The van der Waals surface area contributed by atoms with E-state index in [0.29, 0.717) is 18.9 Å². The molecule has 0 aromatic rings. The molecule has 0 spiro atoms. The Bertz CT molecular complexity index is 678. The van der Waals surface area contributed by atoms with Gasteiger partial charge in [-0.25, -0.2) is 4.79 Å². The minimum Gasteiger partial charge on any atom is -0.338 e. The minimum absolute atomic E-state index is 0.0103. The predicted molar refractivity (Wildman–Crippen MR) is 118 cm³/mol. The summed E-state index contributed by atoms with van der Waals surface area (Å²) in [6.45, 7) is 2.45. The molecule has 6 aliphatic rings. The highest BCUT2D eigenvalue weighted by Gasteiger charge is 2.51. The van der Waals surface area contributed by atoms with Crippen molar-refractivity contribution in [1.82, 2.24) is 15.5 Å². The first kappa shape index (κ1) is 20.4. The molecule has 0 aromatic carbocycles. The van der Waals surface area contributed by atoms with Gasteiger partial charge in [0.05, 0.1) is 0 Å². The van der Waals surface area contributed by atoms with E-state index in [0.717, 1.165) is 50.1 Å². The second kappa shape index (κ2) is 8.55. The van der Waals surface area contributed by atoms with Gasteiger partial charge in [-0.05, 0) is 101 Å². The predicted octanol–water partition coefficient (Wildman–Crippen LogP) is 4.53. The molecule has 5 aliphatic carbocycles. The van der Waals surface area contributed by atoms with Crippen LogP contribution >= 0.6 is 0 Å². The fourth-order valence-electron chi connectivity index (χ4n) is 7.63. The van der Waals surface area contributed by atoms with Gasteiger partial charge in [-0.1, -0.05) is 11.1 Å². The van der Waals surface area contributed by atoms with Gasteiger partial charge in [-0.15, -0.1) is 0 Å². The van der Waals surface area contributed by atoms with E-state index in [1.807, 2.05) is 0 Å². The molecule has 0 radical (unpaired) electrons. The molecular formula is C25H39N3O2. The Hall–Kier alpha value is -1.52. The molecule has 4 saturated carbocycles. The van der Waals surface area contributed by atoms with Gasteiger partial charge in [0.15, 0.2) is 0 Å². The zero-order valence-electron chi connectivity index (χ0n) is 18.5. The zero-order valence-corrected chi connectivity index (χ0v) is 18.5. The van der Waals surface area contributed by atoms with Crippen molar-refractivity contribution in [1.29, 1.82) is 0 Å². The Kier molecular flexibility index (Phi) is 5.81. The monoisotopic (exact) mass is 413 g/mol. The van der Waals surface area contributed by atoms with Crippen LogP contribution in [0.2, 0.25) is 0 Å². The fraction of sp³-hybridized carbons (Fsp3) is 0.840. The lowest BCUT2D eigenvalue weighted by Crippen LogP contribution is -2.61. The van der Waals surface area contributed by atoms with Crippen LogP contribution in [0.15, 0.2) is 11.1 Å². The van der Waals surface area contributed by atoms with Crippen LogP contribution in [0.5, 0.6) is 0 Å². The van der Waals surface area contributed by atoms with Crippen molar-refractivity contribution in [2.24, 2.45) is 17.8 Å². The average molecular weight is 414 g/mol. The second-order valence-corrected chi connectivity index (χ2v) is 11.0. The number of rotatable bonds is 6. The van der Waals surface area contributed by atoms with E-state index < -0.39 is 0 Å². The van der Waals surface area contributed by atoms with Crippen LogP contribution in [0, 0.1) is 17.8 Å². The maximum absolute atomic E-state index is 12.6. The third-order valence-corrected chi connectivity index (χ3v) is 8.64. The summed E-state index contributed by atoms with van der Waals surface area (Å²) in [7, 11) is 0. The number of urea groups is 1. The molecular weight excluding hydrogens is 374 g/mol. The summed E-state index contributed by atoms with van der Waals surface area (Å²) in [6, 6.07) is 0.0103. The highest BCUT2D eigenvalue weighted by Crippen LogP contribution is 2.55. The third-order valence-electron chi connectivity index (χ3n) is 8.64. The average Bonchev–Trinajstić information content (AvgIpc) is 2.71. The molecule has 3 amide bonds. The highest BCUT2D eigenvalue weighted by atomic mass is 16.2. The van der Waals surface area contributed by atoms with E-state index in [1.165, 1.54) is 64.2 Å². The molecule has 5 heteroatoms. The van der Waals surface area contributed by atoms with Crippen molar-refractivity contribution in [3.8, 4) is 0 Å². The number of carbonyl (C=O) groups excluding carboxylic acids is 2. The van der Waals surface area contributed by atoms with Crippen LogP contribution in [0.3, 0.4) is 0 Å². The summed E-state index contributed by atoms with van der Waals surface area (Å²) < 4.78 is 0. The van der Waals surface area contributed by atoms with Gasteiger partial charge in [0.25, 0.3) is 0 Å². The first-order valence-corrected chi connectivity index (χ1v) is 12.6. The summed E-state index contributed by atoms with van der Waals surface area (Å²) in [5, 5.41) is 6.44. The second-order valence-electron chi connectivity index (χ2n) is 11.0. The first-order valence-electron chi connectivity index (χ1n) is 12.6. The van der Waals surface area contributed by atoms with Crippen LogP contribution in [-0.2, 0) is 4.79 Å². The molecule has 0 atom stereocenters. The maximum Gasteiger partial charge on any atom is 0.315 e. The number of hydrogen-bond acceptors (Lipinski definition) is 2. The van der Waals surface area contributed by atoms with Crippen molar-refractivity contribution in [2.75, 3.05) is 19.6 Å². The normalized spacial score (nSPS) is 34.7. The van der Waals surface area contributed by atoms with Crippen molar-refractivity contribution in [2.45, 2.75) is 95.4 Å². The van der Waals surface area contributed by atoms with Gasteiger partial charge in [0, 0.05) is 31.6 Å². The summed E-state index contributed by atoms with van der Waals surface area (Å²) in [6.07, 6.45) is 16.3. The lowest BCUT2D eigenvalue weighted by molar-refractivity contribution is -0.131. The number of hydrogen-bond donors (Lipinski definition) is 2. The molecule has 1 heterocycles. The number of amides is 3. The summed E-state index contributed by atoms with van der Waals surface area (Å²) >= 11 is 0. The molecule has 2 N–H and O–H groups in total. The van der Waals surface area contributed by atoms with Gasteiger partial charge in [0.2, 0.25) is 5.91 Å². The molecule has 166 valence electrons. The Labute approximate surface area is 181 Å². The smallest absolute Gasteiger partial charge is 0.315 e. The molecule has 0 unspecified atom stereocenters. The van der Waals surface area contributed by atoms with E-state index in [9.17, 15) is 9.59 Å². The van der Waals surface area contributed by atoms with Crippen molar-refractivity contribution in [3.63, 3.8) is 0 Å². The molecule has 4 bridgehead atoms. The van der Waals surface area contributed by atoms with Gasteiger partial charge in [-0.2, -0.15) is 0 Å². The van der Waals surface area contributed by atoms with Gasteiger partial charge in [-0.3, -0.25) is 4.79 Å². The molecule has 0 aromatic heterocycles. The Balaban J connectivity index is 0.990. The summed E-state index contributed by atoms with van der Waals surface area (Å²) in [5.41, 5.74) is 3.26. The van der Waals surface area contributed by atoms with E-state index in [2.05, 4.69) is 15.5 Å². The van der Waals surface area contributed by atoms with Crippen molar-refractivity contribution < 1.29 is 9.59 Å². The Morgan fingerprint density at radius 3 is 2.27 bits per heavy atom. The molecule has 6 rings (SSSR count). The third kappa shape index (κ3) is 4.40. The molecule has 0 saturated heterocycles. The van der Waals surface area contributed by atoms with Crippen LogP contribution < -0.4 is 10.6 Å². The van der Waals surface area contributed by atoms with E-state index in [4.69, 9.17) is 0 Å². The SMILES string of the molecule is O=C(NCCCCC(=O)N1CCC2=C(CCCC2)C1)NC12CC3CC(CC(C3)C1)C2. The Morgan fingerprint density at radius 2 is 1.57 bits per heavy atom. The van der Waals surface area contributed by atoms with E-state index >= 15 is 0 Å². The number of nitrogens with zero attached hydrogens (tertiary/aromatic N) is 1. The number of carbonyl (C=O) groups is 2. The largest absolute Gasteiger partial charge is 0.338 e. The Morgan fingerprint density at radius 1 is 0.900 bits per heavy atom. The quantitative estimate of drug-likeness (QED) is 0.496. The fourth-order valence-corrected chi connectivity index (χ4v) is 7.63. The topological polar surface area (TPSA) is 61.4 Å². The molecule has 1 aliphatic heterocycles. The number of unbranched alkanes of at least 4 members (excludes halogenated alkanes) is 1. The molecule has 5 nitrogen and oxygen atoms in total. The van der Waals surface area contributed by atoms with Crippen molar-refractivity contribution >= 4 is 11.9 Å². The van der Waals surface area contributed by atoms with Gasteiger partial charge >= 0.3 is 6.03 Å².